The molecule has 1 saturated heterocycles. The number of epoxide rings is 1. The van der Waals surface area contributed by atoms with E-state index in [0.717, 1.165) is 7.11 Å². The summed E-state index contributed by atoms with van der Waals surface area (Å²) >= 11 is 0. The Bertz CT molecular complexity index is 1110. The van der Waals surface area contributed by atoms with E-state index in [-0.39, 0.29) is 34.9 Å². The van der Waals surface area contributed by atoms with Crippen LogP contribution in [0, 0.1) is 10.1 Å². The number of hydrogen-bond donors (Lipinski definition) is 0. The van der Waals surface area contributed by atoms with Gasteiger partial charge in [-0.25, -0.2) is 9.59 Å². The van der Waals surface area contributed by atoms with Gasteiger partial charge in [-0.15, -0.1) is 0 Å². The van der Waals surface area contributed by atoms with E-state index in [2.05, 4.69) is 6.58 Å². The fourth-order valence-corrected chi connectivity index (χ4v) is 4.28. The number of esters is 2. The smallest absolute Gasteiger partial charge is 0.363 e. The molecule has 1 aliphatic heterocycles. The van der Waals surface area contributed by atoms with Crippen LogP contribution in [0.15, 0.2) is 60.1 Å². The Morgan fingerprint density at radius 2 is 1.82 bits per heavy atom. The van der Waals surface area contributed by atoms with Crippen LogP contribution in [-0.4, -0.2) is 63.1 Å². The molecule has 0 spiro atoms. The Labute approximate surface area is 195 Å². The van der Waals surface area contributed by atoms with Gasteiger partial charge in [0.05, 0.1) is 25.7 Å². The largest absolute Gasteiger partial charge is 0.497 e. The molecule has 0 amide bonds. The van der Waals surface area contributed by atoms with E-state index in [0.29, 0.717) is 0 Å². The normalized spacial score (nSPS) is 27.6. The van der Waals surface area contributed by atoms with Gasteiger partial charge in [-0.2, -0.15) is 0 Å². The van der Waals surface area contributed by atoms with Crippen LogP contribution in [0.5, 0.6) is 0 Å². The van der Waals surface area contributed by atoms with Gasteiger partial charge in [0.25, 0.3) is 11.3 Å². The van der Waals surface area contributed by atoms with Crippen molar-refractivity contribution < 1.29 is 42.9 Å². The van der Waals surface area contributed by atoms with Gasteiger partial charge in [0.15, 0.2) is 11.4 Å². The Morgan fingerprint density at radius 1 is 1.15 bits per heavy atom. The molecule has 182 valence electrons. The quantitative estimate of drug-likeness (QED) is 0.226. The highest BCUT2D eigenvalue weighted by Crippen LogP contribution is 2.56. The predicted molar refractivity (Wildman–Crippen MR) is 116 cm³/mol. The summed E-state index contributed by atoms with van der Waals surface area (Å²) in [6, 6.07) is 5.48. The number of rotatable bonds is 9. The summed E-state index contributed by atoms with van der Waals surface area (Å²) < 4.78 is 33.0. The molecule has 0 N–H and O–H groups in total. The van der Waals surface area contributed by atoms with E-state index in [1.54, 1.807) is 6.92 Å². The number of hydrogen-bond acceptors (Lipinski definition) is 10. The molecule has 3 unspecified atom stereocenters. The first-order valence-electron chi connectivity index (χ1n) is 10.1. The Balaban J connectivity index is 2.38. The number of benzene rings is 1. The predicted octanol–water partition coefficient (Wildman–Crippen LogP) is 2.31. The van der Waals surface area contributed by atoms with Gasteiger partial charge < -0.3 is 28.4 Å². The van der Waals surface area contributed by atoms with E-state index in [4.69, 9.17) is 28.4 Å². The minimum absolute atomic E-state index is 0.00720. The van der Waals surface area contributed by atoms with E-state index in [1.165, 1.54) is 57.7 Å². The van der Waals surface area contributed by atoms with Crippen molar-refractivity contribution in [3.05, 3.63) is 75.8 Å². The maximum absolute atomic E-state index is 13.4. The van der Waals surface area contributed by atoms with Crippen molar-refractivity contribution in [3.8, 4) is 0 Å². The third kappa shape index (κ3) is 3.27. The standard InChI is InChI=1S/C23H25NO10/c1-7-33-20(26)22(14(2)34-22)16-12-18(29-3)23(32-6,21(13-16,31-5)19(25)30-4)15-9-8-10-17(11-15)24(27)28/h8-13H,2,7H2,1,3-6H3. The van der Waals surface area contributed by atoms with Crippen LogP contribution in [0.3, 0.4) is 0 Å². The van der Waals surface area contributed by atoms with Gasteiger partial charge >= 0.3 is 11.9 Å². The van der Waals surface area contributed by atoms with Gasteiger partial charge in [-0.1, -0.05) is 18.7 Å². The fraction of sp³-hybridized carbons (Fsp3) is 0.391. The second kappa shape index (κ2) is 8.92. The number of ether oxygens (including phenoxy) is 6. The lowest BCUT2D eigenvalue weighted by Gasteiger charge is -2.47. The summed E-state index contributed by atoms with van der Waals surface area (Å²) in [5.74, 6) is -1.58. The number of carbonyl (C=O) groups excluding carboxylic acids is 2. The molecule has 0 aromatic heterocycles. The van der Waals surface area contributed by atoms with Gasteiger partial charge in [-0.05, 0) is 19.1 Å². The third-order valence-electron chi connectivity index (χ3n) is 5.91. The molecule has 0 saturated carbocycles. The first-order valence-corrected chi connectivity index (χ1v) is 10.1. The highest BCUT2D eigenvalue weighted by atomic mass is 16.7. The van der Waals surface area contributed by atoms with Gasteiger partial charge in [0.2, 0.25) is 5.60 Å². The van der Waals surface area contributed by atoms with Crippen molar-refractivity contribution in [2.24, 2.45) is 0 Å². The van der Waals surface area contributed by atoms with Crippen molar-refractivity contribution in [2.75, 3.05) is 35.0 Å². The molecule has 0 radical (unpaired) electrons. The molecule has 1 fully saturated rings. The summed E-state index contributed by atoms with van der Waals surface area (Å²) in [5.41, 5.74) is -5.63. The number of carbonyl (C=O) groups is 2. The number of methoxy groups -OCH3 is 4. The fourth-order valence-electron chi connectivity index (χ4n) is 4.28. The zero-order valence-electron chi connectivity index (χ0n) is 19.4. The first-order chi connectivity index (χ1) is 16.1. The van der Waals surface area contributed by atoms with Crippen LogP contribution in [0.25, 0.3) is 0 Å². The summed E-state index contributed by atoms with van der Waals surface area (Å²) in [5, 5.41) is 11.5. The molecule has 1 aromatic carbocycles. The van der Waals surface area contributed by atoms with Crippen molar-refractivity contribution in [3.63, 3.8) is 0 Å². The molecule has 2 aliphatic rings. The second-order valence-electron chi connectivity index (χ2n) is 7.36. The van der Waals surface area contributed by atoms with Crippen molar-refractivity contribution >= 4 is 17.6 Å². The molecule has 1 aromatic rings. The molecular formula is C23H25NO10. The maximum atomic E-state index is 13.4. The first kappa shape index (κ1) is 24.9. The molecule has 1 aliphatic carbocycles. The number of non-ortho nitro benzene ring substituents is 1. The van der Waals surface area contributed by atoms with Gasteiger partial charge in [-0.3, -0.25) is 10.1 Å². The monoisotopic (exact) mass is 475 g/mol. The van der Waals surface area contributed by atoms with E-state index in [9.17, 15) is 19.7 Å². The lowest BCUT2D eigenvalue weighted by Crippen LogP contribution is -2.61. The molecule has 34 heavy (non-hydrogen) atoms. The Hall–Kier alpha value is -3.70. The minimum atomic E-state index is -2.10. The number of nitro groups is 1. The highest BCUT2D eigenvalue weighted by molar-refractivity contribution is 5.95. The number of nitro benzene ring substituents is 1. The zero-order chi connectivity index (χ0) is 25.3. The summed E-state index contributed by atoms with van der Waals surface area (Å²) in [6.07, 6.45) is 2.73. The highest BCUT2D eigenvalue weighted by Gasteiger charge is 2.69. The van der Waals surface area contributed by atoms with Gasteiger partial charge in [0, 0.05) is 37.5 Å². The van der Waals surface area contributed by atoms with Crippen LogP contribution in [-0.2, 0) is 43.6 Å². The number of nitrogens with zero attached hydrogens (tertiary/aromatic N) is 1. The van der Waals surface area contributed by atoms with Crippen molar-refractivity contribution in [2.45, 2.75) is 23.7 Å². The average molecular weight is 475 g/mol. The molecule has 0 bridgehead atoms. The minimum Gasteiger partial charge on any atom is -0.497 e. The van der Waals surface area contributed by atoms with E-state index in [1.807, 2.05) is 0 Å². The van der Waals surface area contributed by atoms with Crippen LogP contribution in [0.1, 0.15) is 12.5 Å². The molecule has 1 heterocycles. The lowest BCUT2D eigenvalue weighted by atomic mass is 9.69. The third-order valence-corrected chi connectivity index (χ3v) is 5.91. The second-order valence-corrected chi connectivity index (χ2v) is 7.36. The zero-order valence-corrected chi connectivity index (χ0v) is 19.4. The molecular weight excluding hydrogens is 450 g/mol. The average Bonchev–Trinajstić information content (AvgIpc) is 3.54. The molecule has 11 nitrogen and oxygen atoms in total. The maximum Gasteiger partial charge on any atom is 0.363 e. The van der Waals surface area contributed by atoms with Crippen LogP contribution < -0.4 is 0 Å². The van der Waals surface area contributed by atoms with Gasteiger partial charge in [0.1, 0.15) is 5.76 Å². The van der Waals surface area contributed by atoms with Crippen LogP contribution >= 0.6 is 0 Å². The SMILES string of the molecule is C=C1OC1(C(=O)OCC)C1=CC(OC)(C(=O)OC)C(OC)(c2cccc([N+](=O)[O-])c2)C(OC)=C1. The van der Waals surface area contributed by atoms with Crippen molar-refractivity contribution in [1.82, 2.24) is 0 Å². The topological polar surface area (TPSA) is 136 Å². The summed E-state index contributed by atoms with van der Waals surface area (Å²) in [4.78, 5) is 37.0. The lowest BCUT2D eigenvalue weighted by molar-refractivity contribution is -0.385. The Morgan fingerprint density at radius 3 is 2.29 bits per heavy atom. The van der Waals surface area contributed by atoms with Crippen LogP contribution in [0.2, 0.25) is 0 Å². The van der Waals surface area contributed by atoms with E-state index >= 15 is 0 Å². The Kier molecular flexibility index (Phi) is 6.54. The molecule has 3 rings (SSSR count). The molecule has 11 heteroatoms. The van der Waals surface area contributed by atoms with Crippen LogP contribution in [0.4, 0.5) is 5.69 Å². The van der Waals surface area contributed by atoms with Crippen molar-refractivity contribution in [1.29, 1.82) is 0 Å². The van der Waals surface area contributed by atoms with E-state index < -0.39 is 33.7 Å². The molecule has 3 atom stereocenters. The summed E-state index contributed by atoms with van der Waals surface area (Å²) in [7, 11) is 4.98. The summed E-state index contributed by atoms with van der Waals surface area (Å²) in [6.45, 7) is 5.45.